The molecule has 2 heterocycles. The highest BCUT2D eigenvalue weighted by Crippen LogP contribution is 2.32. The molecule has 0 spiro atoms. The number of rotatable bonds is 9. The number of carbonyl (C=O) groups excluding carboxylic acids is 5. The minimum Gasteiger partial charge on any atom is -0.494 e. The Hall–Kier alpha value is -3.96. The van der Waals surface area contributed by atoms with E-state index in [-0.39, 0.29) is 37.1 Å². The molecule has 0 radical (unpaired) electrons. The van der Waals surface area contributed by atoms with Crippen LogP contribution in [0.4, 0.5) is 0 Å². The van der Waals surface area contributed by atoms with E-state index in [0.717, 1.165) is 62.5 Å². The molecule has 4 rings (SSSR count). The van der Waals surface area contributed by atoms with Gasteiger partial charge >= 0.3 is 5.97 Å². The minimum atomic E-state index is -1.30. The number of fused-ring (bicyclic) bond motifs is 2. The number of nitrogens with zero attached hydrogens (tertiary/aromatic N) is 1. The number of aliphatic carboxylic acids is 1. The van der Waals surface area contributed by atoms with Crippen LogP contribution in [0.1, 0.15) is 95.1 Å². The molecule has 3 unspecified atom stereocenters. The highest BCUT2D eigenvalue weighted by molar-refractivity contribution is 6.38. The highest BCUT2D eigenvalue weighted by atomic mass is 16.5. The number of ether oxygens (including phenoxy) is 1. The number of nitrogens with one attached hydrogen (secondary N) is 3. The molecule has 3 bridgehead atoms. The molecule has 45 heavy (non-hydrogen) atoms. The largest absolute Gasteiger partial charge is 0.494 e. The lowest BCUT2D eigenvalue weighted by Gasteiger charge is -2.40. The maximum Gasteiger partial charge on any atom is 0.322 e. The van der Waals surface area contributed by atoms with Crippen LogP contribution in [0.3, 0.4) is 0 Å². The summed E-state index contributed by atoms with van der Waals surface area (Å²) in [6, 6.07) is 2.69. The maximum atomic E-state index is 14.5. The van der Waals surface area contributed by atoms with Gasteiger partial charge < -0.3 is 30.7 Å². The molecule has 1 aromatic rings. The Balaban J connectivity index is 1.65. The number of Topliss-reactive ketones (excluding diaryl/α,β-unsaturated/α-hetero) is 1. The molecule has 0 saturated heterocycles. The Labute approximate surface area is 264 Å². The van der Waals surface area contributed by atoms with Gasteiger partial charge in [-0.25, -0.2) is 0 Å². The summed E-state index contributed by atoms with van der Waals surface area (Å²) >= 11 is 0. The molecule has 3 atom stereocenters. The van der Waals surface area contributed by atoms with Crippen LogP contribution >= 0.6 is 0 Å². The molecule has 1 aliphatic carbocycles. The Morgan fingerprint density at radius 1 is 1.02 bits per heavy atom. The lowest BCUT2D eigenvalue weighted by atomic mass is 9.82. The third kappa shape index (κ3) is 9.27. The maximum absolute atomic E-state index is 14.5. The van der Waals surface area contributed by atoms with E-state index in [0.29, 0.717) is 31.6 Å². The summed E-state index contributed by atoms with van der Waals surface area (Å²) in [4.78, 5) is 79.2. The fraction of sp³-hybridized carbons (Fsp3) is 0.636. The van der Waals surface area contributed by atoms with Crippen molar-refractivity contribution in [2.75, 3.05) is 13.2 Å². The molecular weight excluding hydrogens is 580 g/mol. The average Bonchev–Trinajstić information content (AvgIpc) is 3.04. The van der Waals surface area contributed by atoms with Gasteiger partial charge in [0.25, 0.3) is 5.91 Å². The summed E-state index contributed by atoms with van der Waals surface area (Å²) in [6.45, 7) is 1.73. The van der Waals surface area contributed by atoms with Gasteiger partial charge in [-0.2, -0.15) is 0 Å². The normalized spacial score (nSPS) is 22.1. The predicted octanol–water partition coefficient (Wildman–Crippen LogP) is 2.40. The van der Waals surface area contributed by atoms with Crippen LogP contribution in [0, 0.1) is 5.92 Å². The highest BCUT2D eigenvalue weighted by Gasteiger charge is 2.42. The van der Waals surface area contributed by atoms with Gasteiger partial charge in [-0.3, -0.25) is 28.8 Å². The topological polar surface area (TPSA) is 171 Å². The van der Waals surface area contributed by atoms with Crippen molar-refractivity contribution in [2.45, 2.75) is 115 Å². The van der Waals surface area contributed by atoms with Crippen LogP contribution in [0.2, 0.25) is 0 Å². The van der Waals surface area contributed by atoms with Crippen molar-refractivity contribution < 1.29 is 38.6 Å². The fourth-order valence-electron chi connectivity index (χ4n) is 6.55. The van der Waals surface area contributed by atoms with Gasteiger partial charge in [0, 0.05) is 19.4 Å². The molecule has 1 aromatic carbocycles. The van der Waals surface area contributed by atoms with Gasteiger partial charge in [-0.05, 0) is 61.3 Å². The molecule has 1 saturated carbocycles. The first-order chi connectivity index (χ1) is 21.7. The standard InChI is InChI=1S/C33H46N4O8/c1-2-10-25(30(41)32(43)34-19-28(39)40)35-31(42)26-18-22-14-15-24-17-23(22)20-37(26)33(44)29(21-11-6-5-7-12-21)36-27(38)13-8-3-4-9-16-45-24/h14-15,17,21,25-26,29H,2-13,16,18-20H2,1H3,(H,34,43)(H,35,42)(H,36,38)(H,39,40). The number of carbonyl (C=O) groups is 6. The number of ketones is 1. The number of hydrogen-bond acceptors (Lipinski definition) is 7. The van der Waals surface area contributed by atoms with E-state index in [1.165, 1.54) is 4.90 Å². The lowest BCUT2D eigenvalue weighted by molar-refractivity contribution is -0.147. The van der Waals surface area contributed by atoms with Crippen molar-refractivity contribution in [3.8, 4) is 5.75 Å². The van der Waals surface area contributed by atoms with Crippen LogP contribution in [0.5, 0.6) is 5.75 Å². The molecule has 12 heteroatoms. The van der Waals surface area contributed by atoms with E-state index in [4.69, 9.17) is 9.84 Å². The van der Waals surface area contributed by atoms with Gasteiger partial charge in [-0.15, -0.1) is 0 Å². The molecule has 2 aliphatic heterocycles. The molecule has 0 aromatic heterocycles. The fourth-order valence-corrected chi connectivity index (χ4v) is 6.55. The lowest BCUT2D eigenvalue weighted by Crippen LogP contribution is -2.61. The summed E-state index contributed by atoms with van der Waals surface area (Å²) in [5, 5.41) is 16.7. The van der Waals surface area contributed by atoms with Gasteiger partial charge in [0.05, 0.1) is 12.6 Å². The van der Waals surface area contributed by atoms with E-state index in [2.05, 4.69) is 16.0 Å². The number of carboxylic acid groups (broad SMARTS) is 1. The summed E-state index contributed by atoms with van der Waals surface area (Å²) in [5.41, 5.74) is 1.71. The van der Waals surface area contributed by atoms with Crippen LogP contribution in [-0.2, 0) is 41.7 Å². The molecule has 4 N–H and O–H groups in total. The first kappa shape index (κ1) is 33.9. The molecule has 1 fully saturated rings. The van der Waals surface area contributed by atoms with Gasteiger partial charge in [-0.1, -0.05) is 51.5 Å². The average molecular weight is 627 g/mol. The van der Waals surface area contributed by atoms with Crippen molar-refractivity contribution in [3.63, 3.8) is 0 Å². The summed E-state index contributed by atoms with van der Waals surface area (Å²) in [7, 11) is 0. The second-order valence-electron chi connectivity index (χ2n) is 12.4. The second kappa shape index (κ2) is 16.4. The number of hydrogen-bond donors (Lipinski definition) is 4. The number of carboxylic acids is 1. The second-order valence-corrected chi connectivity index (χ2v) is 12.4. The van der Waals surface area contributed by atoms with E-state index in [1.54, 1.807) is 6.92 Å². The quantitative estimate of drug-likeness (QED) is 0.303. The van der Waals surface area contributed by atoms with E-state index >= 15 is 0 Å². The summed E-state index contributed by atoms with van der Waals surface area (Å²) < 4.78 is 5.99. The van der Waals surface area contributed by atoms with Crippen LogP contribution in [-0.4, -0.2) is 76.7 Å². The Bertz CT molecular complexity index is 1260. The SMILES string of the molecule is CCCC(NC(=O)C1Cc2ccc3cc2CN1C(=O)C(C1CCCCC1)NC(=O)CCCCCCO3)C(=O)C(=O)NCC(=O)O. The molecule has 246 valence electrons. The van der Waals surface area contributed by atoms with Gasteiger partial charge in [0.2, 0.25) is 23.5 Å². The van der Waals surface area contributed by atoms with Crippen LogP contribution in [0.25, 0.3) is 0 Å². The first-order valence-electron chi connectivity index (χ1n) is 16.4. The molecule has 4 amide bonds. The predicted molar refractivity (Wildman–Crippen MR) is 164 cm³/mol. The van der Waals surface area contributed by atoms with Crippen molar-refractivity contribution in [2.24, 2.45) is 5.92 Å². The first-order valence-corrected chi connectivity index (χ1v) is 16.4. The van der Waals surface area contributed by atoms with E-state index in [1.807, 2.05) is 18.2 Å². The third-order valence-electron chi connectivity index (χ3n) is 9.00. The zero-order valence-electron chi connectivity index (χ0n) is 26.1. The molecule has 3 aliphatic rings. The molecule has 12 nitrogen and oxygen atoms in total. The zero-order chi connectivity index (χ0) is 32.3. The van der Waals surface area contributed by atoms with E-state index < -0.39 is 48.2 Å². The number of amides is 4. The van der Waals surface area contributed by atoms with Gasteiger partial charge in [0.1, 0.15) is 24.4 Å². The van der Waals surface area contributed by atoms with Crippen LogP contribution in [0.15, 0.2) is 18.2 Å². The van der Waals surface area contributed by atoms with Crippen molar-refractivity contribution in [3.05, 3.63) is 29.3 Å². The smallest absolute Gasteiger partial charge is 0.322 e. The van der Waals surface area contributed by atoms with Gasteiger partial charge in [0.15, 0.2) is 0 Å². The van der Waals surface area contributed by atoms with Crippen molar-refractivity contribution >= 4 is 35.4 Å². The summed E-state index contributed by atoms with van der Waals surface area (Å²) in [6.07, 6.45) is 9.10. The Kier molecular flexibility index (Phi) is 12.3. The van der Waals surface area contributed by atoms with E-state index in [9.17, 15) is 28.8 Å². The Morgan fingerprint density at radius 3 is 2.49 bits per heavy atom. The molecular formula is C33H46N4O8. The number of benzene rings is 1. The van der Waals surface area contributed by atoms with Crippen molar-refractivity contribution in [1.29, 1.82) is 0 Å². The summed E-state index contributed by atoms with van der Waals surface area (Å²) in [5.74, 6) is -3.81. The van der Waals surface area contributed by atoms with Crippen molar-refractivity contribution in [1.82, 2.24) is 20.9 Å². The Morgan fingerprint density at radius 2 is 1.76 bits per heavy atom. The monoisotopic (exact) mass is 626 g/mol. The van der Waals surface area contributed by atoms with Crippen LogP contribution < -0.4 is 20.7 Å². The minimum absolute atomic E-state index is 0.0544. The zero-order valence-corrected chi connectivity index (χ0v) is 26.1. The third-order valence-corrected chi connectivity index (χ3v) is 9.00.